The van der Waals surface area contributed by atoms with Gasteiger partial charge in [0.25, 0.3) is 0 Å². The fourth-order valence-electron chi connectivity index (χ4n) is 1.47. The Morgan fingerprint density at radius 2 is 1.75 bits per heavy atom. The molecule has 0 spiro atoms. The highest BCUT2D eigenvalue weighted by atomic mass is 16.4. The third-order valence-corrected chi connectivity index (χ3v) is 2.34. The van der Waals surface area contributed by atoms with E-state index in [1.54, 1.807) is 4.90 Å². The van der Waals surface area contributed by atoms with Crippen LogP contribution in [0.15, 0.2) is 23.5 Å². The molecular formula is C11H15NO4. The Hall–Kier alpha value is -1.78. The number of rotatable bonds is 5. The van der Waals surface area contributed by atoms with E-state index >= 15 is 0 Å². The zero-order valence-electron chi connectivity index (χ0n) is 9.14. The average molecular weight is 225 g/mol. The number of unbranched alkanes of at least 4 members (excludes halogenated alkanes) is 1. The lowest BCUT2D eigenvalue weighted by atomic mass is 10.0. The van der Waals surface area contributed by atoms with E-state index in [4.69, 9.17) is 10.2 Å². The molecule has 1 heterocycles. The van der Waals surface area contributed by atoms with Crippen molar-refractivity contribution in [2.24, 2.45) is 0 Å². The van der Waals surface area contributed by atoms with Gasteiger partial charge < -0.3 is 15.1 Å². The van der Waals surface area contributed by atoms with Crippen molar-refractivity contribution in [3.05, 3.63) is 23.5 Å². The molecule has 1 rings (SSSR count). The lowest BCUT2D eigenvalue weighted by Gasteiger charge is -2.22. The maximum Gasteiger partial charge on any atom is 0.333 e. The van der Waals surface area contributed by atoms with Gasteiger partial charge in [-0.2, -0.15) is 0 Å². The highest BCUT2D eigenvalue weighted by Gasteiger charge is 2.20. The summed E-state index contributed by atoms with van der Waals surface area (Å²) in [5.74, 6) is -2.12. The van der Waals surface area contributed by atoms with Crippen LogP contribution < -0.4 is 0 Å². The Morgan fingerprint density at radius 3 is 2.12 bits per heavy atom. The highest BCUT2D eigenvalue weighted by Crippen LogP contribution is 2.19. The fraction of sp³-hybridized carbons (Fsp3) is 0.455. The van der Waals surface area contributed by atoms with Gasteiger partial charge in [0.2, 0.25) is 0 Å². The Kier molecular flexibility index (Phi) is 4.10. The number of aliphatic carboxylic acids is 2. The Morgan fingerprint density at radius 1 is 1.25 bits per heavy atom. The summed E-state index contributed by atoms with van der Waals surface area (Å²) in [5, 5.41) is 17.7. The van der Waals surface area contributed by atoms with Crippen molar-refractivity contribution in [3.8, 4) is 0 Å². The number of hydrogen-bond acceptors (Lipinski definition) is 3. The van der Waals surface area contributed by atoms with Gasteiger partial charge in [0.05, 0.1) is 11.1 Å². The second-order valence-electron chi connectivity index (χ2n) is 3.69. The molecule has 1 aliphatic rings. The molecule has 0 unspecified atom stereocenters. The molecule has 0 aromatic carbocycles. The lowest BCUT2D eigenvalue weighted by molar-refractivity contribution is -0.133. The third kappa shape index (κ3) is 3.12. The van der Waals surface area contributed by atoms with Crippen LogP contribution in [0, 0.1) is 0 Å². The van der Waals surface area contributed by atoms with Gasteiger partial charge in [-0.15, -0.1) is 0 Å². The monoisotopic (exact) mass is 225 g/mol. The van der Waals surface area contributed by atoms with Gasteiger partial charge in [-0.1, -0.05) is 13.3 Å². The molecule has 5 heteroatoms. The normalized spacial score (nSPS) is 15.4. The standard InChI is InChI=1S/C11H15NO4/c1-2-3-4-12-6-8(10(13)14)5-9(7-12)11(15)16/h6-7H,2-5H2,1H3,(H,13,14)(H,15,16). The third-order valence-electron chi connectivity index (χ3n) is 2.34. The van der Waals surface area contributed by atoms with E-state index in [2.05, 4.69) is 0 Å². The number of nitrogens with zero attached hydrogens (tertiary/aromatic N) is 1. The van der Waals surface area contributed by atoms with Crippen molar-refractivity contribution in [1.82, 2.24) is 4.90 Å². The largest absolute Gasteiger partial charge is 0.478 e. The summed E-state index contributed by atoms with van der Waals surface area (Å²) < 4.78 is 0. The van der Waals surface area contributed by atoms with Crippen molar-refractivity contribution in [2.75, 3.05) is 6.54 Å². The van der Waals surface area contributed by atoms with Crippen LogP contribution in [-0.2, 0) is 9.59 Å². The molecule has 5 nitrogen and oxygen atoms in total. The molecular weight excluding hydrogens is 210 g/mol. The van der Waals surface area contributed by atoms with E-state index < -0.39 is 11.9 Å². The van der Waals surface area contributed by atoms with Gasteiger partial charge in [0.1, 0.15) is 0 Å². The van der Waals surface area contributed by atoms with E-state index in [0.717, 1.165) is 12.8 Å². The minimum atomic E-state index is -1.06. The minimum Gasteiger partial charge on any atom is -0.478 e. The van der Waals surface area contributed by atoms with E-state index in [-0.39, 0.29) is 17.6 Å². The van der Waals surface area contributed by atoms with Gasteiger partial charge in [0.15, 0.2) is 0 Å². The molecule has 0 saturated heterocycles. The first kappa shape index (κ1) is 12.3. The SMILES string of the molecule is CCCCN1C=C(C(=O)O)CC(C(=O)O)=C1. The van der Waals surface area contributed by atoms with Gasteiger partial charge >= 0.3 is 11.9 Å². The summed E-state index contributed by atoms with van der Waals surface area (Å²) in [6.45, 7) is 2.66. The molecule has 88 valence electrons. The van der Waals surface area contributed by atoms with E-state index in [1.807, 2.05) is 6.92 Å². The average Bonchev–Trinajstić information content (AvgIpc) is 2.25. The Bertz CT molecular complexity index is 327. The molecule has 1 aliphatic heterocycles. The van der Waals surface area contributed by atoms with Crippen LogP contribution in [0.5, 0.6) is 0 Å². The zero-order chi connectivity index (χ0) is 12.1. The van der Waals surface area contributed by atoms with Crippen molar-refractivity contribution >= 4 is 11.9 Å². The van der Waals surface area contributed by atoms with Crippen LogP contribution in [-0.4, -0.2) is 33.6 Å². The maximum absolute atomic E-state index is 10.8. The molecule has 0 amide bonds. The van der Waals surface area contributed by atoms with E-state index in [9.17, 15) is 9.59 Å². The number of carboxylic acid groups (broad SMARTS) is 2. The summed E-state index contributed by atoms with van der Waals surface area (Å²) in [4.78, 5) is 23.3. The van der Waals surface area contributed by atoms with Crippen LogP contribution in [0.3, 0.4) is 0 Å². The molecule has 0 bridgehead atoms. The summed E-state index contributed by atoms with van der Waals surface area (Å²) >= 11 is 0. The van der Waals surface area contributed by atoms with Gasteiger partial charge in [-0.05, 0) is 6.42 Å². The molecule has 0 radical (unpaired) electrons. The highest BCUT2D eigenvalue weighted by molar-refractivity contribution is 5.93. The zero-order valence-corrected chi connectivity index (χ0v) is 9.14. The van der Waals surface area contributed by atoms with Crippen LogP contribution in [0.25, 0.3) is 0 Å². The molecule has 0 fully saturated rings. The first-order chi connectivity index (χ1) is 7.54. The number of hydrogen-bond donors (Lipinski definition) is 2. The summed E-state index contributed by atoms with van der Waals surface area (Å²) in [6, 6.07) is 0. The molecule has 0 saturated carbocycles. The number of carbonyl (C=O) groups is 2. The molecule has 16 heavy (non-hydrogen) atoms. The van der Waals surface area contributed by atoms with Crippen molar-refractivity contribution in [1.29, 1.82) is 0 Å². The Labute approximate surface area is 93.7 Å². The topological polar surface area (TPSA) is 77.8 Å². The maximum atomic E-state index is 10.8. The predicted molar refractivity (Wildman–Crippen MR) is 57.7 cm³/mol. The van der Waals surface area contributed by atoms with Crippen molar-refractivity contribution in [2.45, 2.75) is 26.2 Å². The van der Waals surface area contributed by atoms with Crippen LogP contribution in [0.2, 0.25) is 0 Å². The summed E-state index contributed by atoms with van der Waals surface area (Å²) in [7, 11) is 0. The van der Waals surface area contributed by atoms with Crippen LogP contribution >= 0.6 is 0 Å². The fourth-order valence-corrected chi connectivity index (χ4v) is 1.47. The second-order valence-corrected chi connectivity index (χ2v) is 3.69. The summed E-state index contributed by atoms with van der Waals surface area (Å²) in [6.07, 6.45) is 4.86. The molecule has 0 aromatic rings. The predicted octanol–water partition coefficient (Wildman–Crippen LogP) is 1.43. The number of carboxylic acids is 2. The quantitative estimate of drug-likeness (QED) is 0.740. The van der Waals surface area contributed by atoms with Crippen molar-refractivity contribution < 1.29 is 19.8 Å². The van der Waals surface area contributed by atoms with Crippen LogP contribution in [0.4, 0.5) is 0 Å². The second kappa shape index (κ2) is 5.34. The first-order valence-electron chi connectivity index (χ1n) is 5.18. The lowest BCUT2D eigenvalue weighted by Crippen LogP contribution is -2.22. The first-order valence-corrected chi connectivity index (χ1v) is 5.18. The van der Waals surface area contributed by atoms with Gasteiger partial charge in [-0.25, -0.2) is 9.59 Å². The van der Waals surface area contributed by atoms with E-state index in [0.29, 0.717) is 6.54 Å². The summed E-state index contributed by atoms with van der Waals surface area (Å²) in [5.41, 5.74) is 0.243. The van der Waals surface area contributed by atoms with Gasteiger partial charge in [0, 0.05) is 25.4 Å². The molecule has 0 aromatic heterocycles. The molecule has 0 aliphatic carbocycles. The van der Waals surface area contributed by atoms with E-state index in [1.165, 1.54) is 12.4 Å². The van der Waals surface area contributed by atoms with Gasteiger partial charge in [-0.3, -0.25) is 0 Å². The van der Waals surface area contributed by atoms with Crippen LogP contribution in [0.1, 0.15) is 26.2 Å². The smallest absolute Gasteiger partial charge is 0.333 e. The van der Waals surface area contributed by atoms with Crippen molar-refractivity contribution in [3.63, 3.8) is 0 Å². The molecule has 0 atom stereocenters. The molecule has 2 N–H and O–H groups in total. The minimum absolute atomic E-state index is 0.0205. The Balaban J connectivity index is 2.82.